The highest BCUT2D eigenvalue weighted by atomic mass is 32.2. The van der Waals surface area contributed by atoms with Gasteiger partial charge in [-0.05, 0) is 18.6 Å². The van der Waals surface area contributed by atoms with E-state index in [0.29, 0.717) is 0 Å². The lowest BCUT2D eigenvalue weighted by Gasteiger charge is -2.15. The average molecular weight is 265 g/mol. The molecule has 1 heterocycles. The smallest absolute Gasteiger partial charge is 0.328 e. The van der Waals surface area contributed by atoms with Crippen molar-refractivity contribution < 1.29 is 14.3 Å². The van der Waals surface area contributed by atoms with Gasteiger partial charge in [-0.1, -0.05) is 18.2 Å². The molecule has 0 saturated carbocycles. The molecular formula is C13H15NO3S. The summed E-state index contributed by atoms with van der Waals surface area (Å²) < 4.78 is 4.59. The number of fused-ring (bicyclic) bond motifs is 1. The fourth-order valence-electron chi connectivity index (χ4n) is 1.93. The van der Waals surface area contributed by atoms with E-state index in [2.05, 4.69) is 10.1 Å². The Hall–Kier alpha value is -1.49. The van der Waals surface area contributed by atoms with Gasteiger partial charge in [0.25, 0.3) is 0 Å². The van der Waals surface area contributed by atoms with Gasteiger partial charge >= 0.3 is 5.97 Å². The number of hydrogen-bond acceptors (Lipinski definition) is 4. The molecule has 0 saturated heterocycles. The molecule has 1 N–H and O–H groups in total. The Bertz CT molecular complexity index is 475. The number of thioether (sulfide) groups is 1. The van der Waals surface area contributed by atoms with E-state index < -0.39 is 12.0 Å². The van der Waals surface area contributed by atoms with Crippen LogP contribution in [0.25, 0.3) is 0 Å². The van der Waals surface area contributed by atoms with Gasteiger partial charge in [0.1, 0.15) is 6.04 Å². The van der Waals surface area contributed by atoms with Gasteiger partial charge in [0.05, 0.1) is 13.0 Å². The van der Waals surface area contributed by atoms with Crippen molar-refractivity contribution in [1.29, 1.82) is 0 Å². The summed E-state index contributed by atoms with van der Waals surface area (Å²) in [4.78, 5) is 24.5. The number of benzene rings is 1. The molecule has 1 amide bonds. The maximum Gasteiger partial charge on any atom is 0.328 e. The van der Waals surface area contributed by atoms with Crippen molar-refractivity contribution in [1.82, 2.24) is 5.32 Å². The first-order chi connectivity index (χ1) is 8.63. The van der Waals surface area contributed by atoms with Gasteiger partial charge in [-0.2, -0.15) is 0 Å². The second-order valence-electron chi connectivity index (χ2n) is 4.15. The predicted octanol–water partition coefficient (Wildman–Crippen LogP) is 1.55. The summed E-state index contributed by atoms with van der Waals surface area (Å²) in [5, 5.41) is 2.69. The normalized spacial score (nSPS) is 18.9. The summed E-state index contributed by atoms with van der Waals surface area (Å²) in [6, 6.07) is 7.25. The minimum atomic E-state index is -0.611. The second kappa shape index (κ2) is 5.44. The molecule has 0 spiro atoms. The van der Waals surface area contributed by atoms with E-state index in [0.717, 1.165) is 16.2 Å². The zero-order valence-corrected chi connectivity index (χ0v) is 11.1. The Morgan fingerprint density at radius 1 is 1.44 bits per heavy atom. The van der Waals surface area contributed by atoms with Crippen molar-refractivity contribution in [3.05, 3.63) is 29.8 Å². The van der Waals surface area contributed by atoms with Crippen LogP contribution in [-0.4, -0.2) is 30.8 Å². The van der Waals surface area contributed by atoms with Crippen molar-refractivity contribution in [2.45, 2.75) is 23.8 Å². The first kappa shape index (κ1) is 13.0. The fourth-order valence-corrected chi connectivity index (χ4v) is 3.16. The third kappa shape index (κ3) is 2.51. The second-order valence-corrected chi connectivity index (χ2v) is 5.22. The molecule has 0 aromatic heterocycles. The SMILES string of the molecule is COC(=O)C(C)NC(=O)C1CSc2ccccc21. The van der Waals surface area contributed by atoms with Crippen molar-refractivity contribution in [3.8, 4) is 0 Å². The van der Waals surface area contributed by atoms with Crippen molar-refractivity contribution >= 4 is 23.6 Å². The summed E-state index contributed by atoms with van der Waals surface area (Å²) >= 11 is 1.67. The van der Waals surface area contributed by atoms with Crippen LogP contribution >= 0.6 is 11.8 Å². The summed E-state index contributed by atoms with van der Waals surface area (Å²) in [6.45, 7) is 1.62. The number of amides is 1. The maximum absolute atomic E-state index is 12.1. The zero-order valence-electron chi connectivity index (χ0n) is 10.3. The van der Waals surface area contributed by atoms with Crippen LogP contribution in [0.15, 0.2) is 29.2 Å². The molecule has 4 nitrogen and oxygen atoms in total. The molecule has 1 aliphatic rings. The van der Waals surface area contributed by atoms with Crippen LogP contribution in [0.5, 0.6) is 0 Å². The summed E-state index contributed by atoms with van der Waals surface area (Å²) in [5.74, 6) is -0.00931. The highest BCUT2D eigenvalue weighted by molar-refractivity contribution is 7.99. The Morgan fingerprint density at radius 3 is 2.89 bits per heavy atom. The van der Waals surface area contributed by atoms with Crippen LogP contribution in [0, 0.1) is 0 Å². The highest BCUT2D eigenvalue weighted by Gasteiger charge is 2.30. The summed E-state index contributed by atoms with van der Waals surface area (Å²) in [7, 11) is 1.31. The van der Waals surface area contributed by atoms with Crippen LogP contribution in [-0.2, 0) is 14.3 Å². The molecule has 1 aliphatic heterocycles. The van der Waals surface area contributed by atoms with Gasteiger partial charge in [0.15, 0.2) is 0 Å². The minimum absolute atomic E-state index is 0.120. The van der Waals surface area contributed by atoms with Crippen molar-refractivity contribution in [2.75, 3.05) is 12.9 Å². The molecule has 2 rings (SSSR count). The quantitative estimate of drug-likeness (QED) is 0.843. The molecule has 5 heteroatoms. The molecule has 1 aromatic carbocycles. The number of methoxy groups -OCH3 is 1. The van der Waals surface area contributed by atoms with Gasteiger partial charge in [-0.3, -0.25) is 4.79 Å². The standard InChI is InChI=1S/C13H15NO3S/c1-8(13(16)17-2)14-12(15)10-7-18-11-6-4-3-5-9(10)11/h3-6,8,10H,7H2,1-2H3,(H,14,15). The molecule has 18 heavy (non-hydrogen) atoms. The Kier molecular flexibility index (Phi) is 3.91. The van der Waals surface area contributed by atoms with Crippen molar-refractivity contribution in [2.24, 2.45) is 0 Å². The van der Waals surface area contributed by atoms with Gasteiger partial charge in [0.2, 0.25) is 5.91 Å². The number of esters is 1. The largest absolute Gasteiger partial charge is 0.467 e. The molecule has 0 fully saturated rings. The van der Waals surface area contributed by atoms with E-state index in [-0.39, 0.29) is 11.8 Å². The molecule has 1 aromatic rings. The van der Waals surface area contributed by atoms with Gasteiger partial charge < -0.3 is 10.1 Å². The summed E-state index contributed by atoms with van der Waals surface area (Å²) in [6.07, 6.45) is 0. The van der Waals surface area contributed by atoms with E-state index in [1.807, 2.05) is 24.3 Å². The number of rotatable bonds is 3. The summed E-state index contributed by atoms with van der Waals surface area (Å²) in [5.41, 5.74) is 1.04. The zero-order chi connectivity index (χ0) is 13.1. The predicted molar refractivity (Wildman–Crippen MR) is 69.5 cm³/mol. The van der Waals surface area contributed by atoms with E-state index in [4.69, 9.17) is 0 Å². The van der Waals surface area contributed by atoms with Gasteiger partial charge in [0, 0.05) is 10.6 Å². The lowest BCUT2D eigenvalue weighted by molar-refractivity contribution is -0.144. The fraction of sp³-hybridized carbons (Fsp3) is 0.385. The van der Waals surface area contributed by atoms with Crippen LogP contribution in [0.3, 0.4) is 0 Å². The molecule has 96 valence electrons. The van der Waals surface area contributed by atoms with Crippen LogP contribution in [0.1, 0.15) is 18.4 Å². The number of nitrogens with one attached hydrogen (secondary N) is 1. The van der Waals surface area contributed by atoms with Crippen LogP contribution < -0.4 is 5.32 Å². The number of carbonyl (C=O) groups excluding carboxylic acids is 2. The highest BCUT2D eigenvalue weighted by Crippen LogP contribution is 2.39. The molecule has 0 radical (unpaired) electrons. The third-order valence-electron chi connectivity index (χ3n) is 2.93. The minimum Gasteiger partial charge on any atom is -0.467 e. The first-order valence-corrected chi connectivity index (χ1v) is 6.72. The first-order valence-electron chi connectivity index (χ1n) is 5.73. The molecular weight excluding hydrogens is 250 g/mol. The lowest BCUT2D eigenvalue weighted by Crippen LogP contribution is -2.41. The Balaban J connectivity index is 2.06. The maximum atomic E-state index is 12.1. The van der Waals surface area contributed by atoms with Gasteiger partial charge in [-0.15, -0.1) is 11.8 Å². The lowest BCUT2D eigenvalue weighted by atomic mass is 10.0. The van der Waals surface area contributed by atoms with E-state index in [1.54, 1.807) is 18.7 Å². The number of carbonyl (C=O) groups is 2. The molecule has 0 bridgehead atoms. The Morgan fingerprint density at radius 2 is 2.17 bits per heavy atom. The topological polar surface area (TPSA) is 55.4 Å². The molecule has 2 atom stereocenters. The van der Waals surface area contributed by atoms with Gasteiger partial charge in [-0.25, -0.2) is 4.79 Å². The number of ether oxygens (including phenoxy) is 1. The van der Waals surface area contributed by atoms with E-state index in [9.17, 15) is 9.59 Å². The number of hydrogen-bond donors (Lipinski definition) is 1. The molecule has 0 aliphatic carbocycles. The van der Waals surface area contributed by atoms with Crippen molar-refractivity contribution in [3.63, 3.8) is 0 Å². The third-order valence-corrected chi connectivity index (χ3v) is 4.11. The van der Waals surface area contributed by atoms with E-state index in [1.165, 1.54) is 7.11 Å². The van der Waals surface area contributed by atoms with Crippen LogP contribution in [0.2, 0.25) is 0 Å². The Labute approximate surface area is 110 Å². The monoisotopic (exact) mass is 265 g/mol. The van der Waals surface area contributed by atoms with Crippen LogP contribution in [0.4, 0.5) is 0 Å². The van der Waals surface area contributed by atoms with E-state index >= 15 is 0 Å². The molecule has 2 unspecified atom stereocenters. The average Bonchev–Trinajstić information content (AvgIpc) is 2.81.